The van der Waals surface area contributed by atoms with Gasteiger partial charge < -0.3 is 9.84 Å². The van der Waals surface area contributed by atoms with Crippen LogP contribution in [-0.4, -0.2) is 28.0 Å². The maximum absolute atomic E-state index is 10.2. The molecule has 0 bridgehead atoms. The SMILES string of the molecule is O=C(O)Nc1ccc(C2CO2)nn1. The van der Waals surface area contributed by atoms with E-state index in [1.54, 1.807) is 12.1 Å². The van der Waals surface area contributed by atoms with Crippen LogP contribution < -0.4 is 5.32 Å². The molecule has 0 radical (unpaired) electrons. The molecule has 68 valence electrons. The summed E-state index contributed by atoms with van der Waals surface area (Å²) in [4.78, 5) is 10.2. The van der Waals surface area contributed by atoms with Crippen LogP contribution >= 0.6 is 0 Å². The summed E-state index contributed by atoms with van der Waals surface area (Å²) in [5.74, 6) is 0.219. The molecule has 0 aromatic carbocycles. The van der Waals surface area contributed by atoms with Gasteiger partial charge in [0.05, 0.1) is 12.3 Å². The van der Waals surface area contributed by atoms with Crippen LogP contribution in [-0.2, 0) is 4.74 Å². The van der Waals surface area contributed by atoms with Gasteiger partial charge in [-0.2, -0.15) is 5.10 Å². The molecule has 1 aliphatic heterocycles. The summed E-state index contributed by atoms with van der Waals surface area (Å²) in [5, 5.41) is 17.9. The Bertz CT molecular complexity index is 320. The highest BCUT2D eigenvalue weighted by Crippen LogP contribution is 2.27. The third-order valence-corrected chi connectivity index (χ3v) is 1.58. The van der Waals surface area contributed by atoms with Gasteiger partial charge >= 0.3 is 6.09 Å². The molecule has 0 aliphatic carbocycles. The fraction of sp³-hybridized carbons (Fsp3) is 0.286. The van der Waals surface area contributed by atoms with E-state index >= 15 is 0 Å². The number of epoxide rings is 1. The van der Waals surface area contributed by atoms with Crippen LogP contribution in [0.2, 0.25) is 0 Å². The minimum absolute atomic E-state index is 0.0476. The van der Waals surface area contributed by atoms with E-state index in [-0.39, 0.29) is 11.9 Å². The van der Waals surface area contributed by atoms with Gasteiger partial charge in [-0.1, -0.05) is 0 Å². The molecule has 2 N–H and O–H groups in total. The van der Waals surface area contributed by atoms with E-state index in [2.05, 4.69) is 15.5 Å². The molecule has 1 saturated heterocycles. The van der Waals surface area contributed by atoms with Crippen molar-refractivity contribution in [3.05, 3.63) is 17.8 Å². The first-order chi connectivity index (χ1) is 6.25. The van der Waals surface area contributed by atoms with Crippen molar-refractivity contribution in [3.8, 4) is 0 Å². The Kier molecular flexibility index (Phi) is 1.82. The third kappa shape index (κ3) is 1.91. The number of anilines is 1. The molecule has 1 fully saturated rings. The number of nitrogens with zero attached hydrogens (tertiary/aromatic N) is 2. The summed E-state index contributed by atoms with van der Waals surface area (Å²) in [6.45, 7) is 0.667. The Labute approximate surface area is 73.5 Å². The lowest BCUT2D eigenvalue weighted by atomic mass is 10.3. The molecule has 13 heavy (non-hydrogen) atoms. The van der Waals surface area contributed by atoms with Gasteiger partial charge in [-0.15, -0.1) is 5.10 Å². The highest BCUT2D eigenvalue weighted by molar-refractivity contribution is 5.81. The van der Waals surface area contributed by atoms with E-state index in [4.69, 9.17) is 9.84 Å². The third-order valence-electron chi connectivity index (χ3n) is 1.58. The number of ether oxygens (including phenoxy) is 1. The molecule has 1 amide bonds. The van der Waals surface area contributed by atoms with Crippen molar-refractivity contribution in [3.63, 3.8) is 0 Å². The van der Waals surface area contributed by atoms with Crippen molar-refractivity contribution in [2.75, 3.05) is 11.9 Å². The second-order valence-corrected chi connectivity index (χ2v) is 2.60. The van der Waals surface area contributed by atoms with Gasteiger partial charge in [0.15, 0.2) is 5.82 Å². The van der Waals surface area contributed by atoms with Crippen molar-refractivity contribution < 1.29 is 14.6 Å². The summed E-state index contributed by atoms with van der Waals surface area (Å²) in [6, 6.07) is 3.24. The Morgan fingerprint density at radius 1 is 1.62 bits per heavy atom. The molecule has 2 heterocycles. The first kappa shape index (κ1) is 7.93. The molecule has 1 atom stereocenters. The van der Waals surface area contributed by atoms with Crippen molar-refractivity contribution >= 4 is 11.9 Å². The number of rotatable bonds is 2. The van der Waals surface area contributed by atoms with Crippen LogP contribution in [0.5, 0.6) is 0 Å². The number of aromatic nitrogens is 2. The maximum atomic E-state index is 10.2. The van der Waals surface area contributed by atoms with Crippen molar-refractivity contribution in [1.29, 1.82) is 0 Å². The minimum Gasteiger partial charge on any atom is -0.465 e. The predicted octanol–water partition coefficient (Wildman–Crippen LogP) is 0.638. The maximum Gasteiger partial charge on any atom is 0.410 e. The van der Waals surface area contributed by atoms with Crippen LogP contribution in [0.1, 0.15) is 11.8 Å². The molecule has 6 heteroatoms. The largest absolute Gasteiger partial charge is 0.465 e. The average Bonchev–Trinajstić information content (AvgIpc) is 2.87. The standard InChI is InChI=1S/C7H7N3O3/c11-7(12)8-6-2-1-4(9-10-6)5-3-13-5/h1-2,5H,3H2,(H,8,10)(H,11,12). The lowest BCUT2D eigenvalue weighted by Gasteiger charge is -1.98. The van der Waals surface area contributed by atoms with Gasteiger partial charge in [0.2, 0.25) is 0 Å². The zero-order chi connectivity index (χ0) is 9.26. The fourth-order valence-electron chi connectivity index (χ4n) is 0.909. The van der Waals surface area contributed by atoms with E-state index in [9.17, 15) is 4.79 Å². The number of hydrogen-bond donors (Lipinski definition) is 2. The molecular weight excluding hydrogens is 174 g/mol. The molecule has 1 aromatic heterocycles. The average molecular weight is 181 g/mol. The van der Waals surface area contributed by atoms with Gasteiger partial charge in [-0.25, -0.2) is 4.79 Å². The number of carbonyl (C=O) groups is 1. The molecular formula is C7H7N3O3. The first-order valence-electron chi connectivity index (χ1n) is 3.71. The minimum atomic E-state index is -1.15. The fourth-order valence-corrected chi connectivity index (χ4v) is 0.909. The van der Waals surface area contributed by atoms with E-state index in [1.807, 2.05) is 0 Å². The van der Waals surface area contributed by atoms with Gasteiger partial charge in [-0.3, -0.25) is 5.32 Å². The molecule has 1 aromatic rings. The van der Waals surface area contributed by atoms with Crippen molar-refractivity contribution in [2.45, 2.75) is 6.10 Å². The predicted molar refractivity (Wildman–Crippen MR) is 42.4 cm³/mol. The summed E-state index contributed by atoms with van der Waals surface area (Å²) >= 11 is 0. The summed E-state index contributed by atoms with van der Waals surface area (Å²) in [7, 11) is 0. The molecule has 0 saturated carbocycles. The quantitative estimate of drug-likeness (QED) is 0.653. The first-order valence-corrected chi connectivity index (χ1v) is 3.71. The summed E-state index contributed by atoms with van der Waals surface area (Å²) in [6.07, 6.45) is -1.10. The van der Waals surface area contributed by atoms with Crippen molar-refractivity contribution in [2.24, 2.45) is 0 Å². The summed E-state index contributed by atoms with van der Waals surface area (Å²) < 4.78 is 4.98. The summed E-state index contributed by atoms with van der Waals surface area (Å²) in [5.41, 5.74) is 0.732. The second-order valence-electron chi connectivity index (χ2n) is 2.60. The number of hydrogen-bond acceptors (Lipinski definition) is 4. The number of amides is 1. The zero-order valence-electron chi connectivity index (χ0n) is 6.60. The smallest absolute Gasteiger partial charge is 0.410 e. The van der Waals surface area contributed by atoms with E-state index < -0.39 is 6.09 Å². The second kappa shape index (κ2) is 2.98. The Balaban J connectivity index is 2.08. The molecule has 0 spiro atoms. The normalized spacial score (nSPS) is 19.5. The van der Waals surface area contributed by atoms with Gasteiger partial charge in [0.25, 0.3) is 0 Å². The van der Waals surface area contributed by atoms with Crippen LogP contribution in [0.25, 0.3) is 0 Å². The lowest BCUT2D eigenvalue weighted by molar-refractivity contribution is 0.209. The van der Waals surface area contributed by atoms with E-state index in [0.717, 1.165) is 5.69 Å². The number of nitrogens with one attached hydrogen (secondary N) is 1. The molecule has 1 unspecified atom stereocenters. The van der Waals surface area contributed by atoms with Crippen LogP contribution in [0.15, 0.2) is 12.1 Å². The highest BCUT2D eigenvalue weighted by Gasteiger charge is 2.26. The monoisotopic (exact) mass is 181 g/mol. The van der Waals surface area contributed by atoms with Gasteiger partial charge in [0.1, 0.15) is 6.10 Å². The van der Waals surface area contributed by atoms with Gasteiger partial charge in [0, 0.05) is 0 Å². The van der Waals surface area contributed by atoms with E-state index in [1.165, 1.54) is 0 Å². The highest BCUT2D eigenvalue weighted by atomic mass is 16.6. The molecule has 2 rings (SSSR count). The van der Waals surface area contributed by atoms with Crippen LogP contribution in [0.4, 0.5) is 10.6 Å². The zero-order valence-corrected chi connectivity index (χ0v) is 6.60. The Hall–Kier alpha value is -1.69. The van der Waals surface area contributed by atoms with Crippen LogP contribution in [0, 0.1) is 0 Å². The molecule has 1 aliphatic rings. The molecule has 6 nitrogen and oxygen atoms in total. The van der Waals surface area contributed by atoms with Crippen molar-refractivity contribution in [1.82, 2.24) is 10.2 Å². The van der Waals surface area contributed by atoms with Gasteiger partial charge in [-0.05, 0) is 12.1 Å². The Morgan fingerprint density at radius 3 is 2.85 bits per heavy atom. The van der Waals surface area contributed by atoms with Crippen LogP contribution in [0.3, 0.4) is 0 Å². The topological polar surface area (TPSA) is 87.6 Å². The number of carboxylic acid groups (broad SMARTS) is 1. The van der Waals surface area contributed by atoms with E-state index in [0.29, 0.717) is 6.61 Å². The Morgan fingerprint density at radius 2 is 2.38 bits per heavy atom. The lowest BCUT2D eigenvalue weighted by Crippen LogP contribution is -2.09.